The van der Waals surface area contributed by atoms with Crippen LogP contribution in [0.3, 0.4) is 0 Å². The summed E-state index contributed by atoms with van der Waals surface area (Å²) >= 11 is 0. The molecule has 3 rings (SSSR count). The van der Waals surface area contributed by atoms with E-state index in [1.807, 2.05) is 0 Å². The van der Waals surface area contributed by atoms with Gasteiger partial charge in [-0.2, -0.15) is 9.69 Å². The minimum Gasteiger partial charge on any atom is -0.273 e. The van der Waals surface area contributed by atoms with Crippen LogP contribution in [0.4, 0.5) is 0 Å². The van der Waals surface area contributed by atoms with E-state index in [4.69, 9.17) is 0 Å². The maximum absolute atomic E-state index is 12.9. The summed E-state index contributed by atoms with van der Waals surface area (Å²) in [7, 11) is 0. The highest BCUT2D eigenvalue weighted by Crippen LogP contribution is 2.12. The predicted octanol–water partition coefficient (Wildman–Crippen LogP) is 0.258. The third-order valence-electron chi connectivity index (χ3n) is 3.77. The van der Waals surface area contributed by atoms with Crippen LogP contribution in [0.2, 0.25) is 0 Å². The number of aromatic nitrogens is 4. The molecule has 9 heteroatoms. The van der Waals surface area contributed by atoms with Crippen molar-refractivity contribution in [2.24, 2.45) is 0 Å². The van der Waals surface area contributed by atoms with Crippen molar-refractivity contribution in [2.75, 3.05) is 5.01 Å². The monoisotopic (exact) mass is 353 g/mol. The topological polar surface area (TPSA) is 107 Å². The highest BCUT2D eigenvalue weighted by atomic mass is 16.2. The molecular formula is C17H15N5O4. The zero-order valence-corrected chi connectivity index (χ0v) is 14.3. The van der Waals surface area contributed by atoms with Crippen molar-refractivity contribution in [1.82, 2.24) is 19.3 Å². The van der Waals surface area contributed by atoms with Crippen LogP contribution in [-0.4, -0.2) is 31.1 Å². The van der Waals surface area contributed by atoms with Crippen molar-refractivity contribution in [3.05, 3.63) is 62.8 Å². The number of carbonyl (C=O) groups excluding carboxylic acids is 2. The van der Waals surface area contributed by atoms with E-state index in [2.05, 4.69) is 10.2 Å². The number of benzene rings is 1. The van der Waals surface area contributed by atoms with Gasteiger partial charge in [-0.15, -0.1) is 10.2 Å². The summed E-state index contributed by atoms with van der Waals surface area (Å²) in [6.45, 7) is 3.82. The first-order valence-electron chi connectivity index (χ1n) is 7.72. The van der Waals surface area contributed by atoms with E-state index in [0.717, 1.165) is 29.0 Å². The number of aryl methyl sites for hydroxylation is 1. The van der Waals surface area contributed by atoms with Crippen LogP contribution in [0.25, 0.3) is 17.0 Å². The van der Waals surface area contributed by atoms with Gasteiger partial charge in [-0.3, -0.25) is 19.2 Å². The molecule has 0 saturated heterocycles. The van der Waals surface area contributed by atoms with Crippen LogP contribution in [0.1, 0.15) is 19.5 Å². The van der Waals surface area contributed by atoms with Crippen LogP contribution in [0, 0.1) is 6.92 Å². The quantitative estimate of drug-likeness (QED) is 0.654. The Morgan fingerprint density at radius 1 is 1.00 bits per heavy atom. The lowest BCUT2D eigenvalue weighted by Crippen LogP contribution is -2.50. The number of hydrogen-bond donors (Lipinski definition) is 0. The Morgan fingerprint density at radius 3 is 2.19 bits per heavy atom. The molecule has 0 saturated carbocycles. The van der Waals surface area contributed by atoms with Gasteiger partial charge >= 0.3 is 0 Å². The number of imide groups is 1. The lowest BCUT2D eigenvalue weighted by molar-refractivity contribution is -0.126. The van der Waals surface area contributed by atoms with Crippen LogP contribution in [0.5, 0.6) is 0 Å². The summed E-state index contributed by atoms with van der Waals surface area (Å²) in [6, 6.07) is 9.89. The highest BCUT2D eigenvalue weighted by molar-refractivity contribution is 6.06. The number of hydrogen-bond acceptors (Lipinski definition) is 6. The van der Waals surface area contributed by atoms with E-state index in [0.29, 0.717) is 16.3 Å². The van der Waals surface area contributed by atoms with Crippen molar-refractivity contribution in [3.63, 3.8) is 0 Å². The number of rotatable bonds is 2. The second kappa shape index (κ2) is 6.36. The lowest BCUT2D eigenvalue weighted by atomic mass is 10.2. The molecule has 0 aliphatic rings. The molecule has 0 atom stereocenters. The van der Waals surface area contributed by atoms with E-state index in [9.17, 15) is 19.2 Å². The van der Waals surface area contributed by atoms with Crippen molar-refractivity contribution in [2.45, 2.75) is 20.8 Å². The first-order valence-corrected chi connectivity index (χ1v) is 7.72. The summed E-state index contributed by atoms with van der Waals surface area (Å²) in [4.78, 5) is 49.0. The molecule has 132 valence electrons. The third-order valence-corrected chi connectivity index (χ3v) is 3.77. The van der Waals surface area contributed by atoms with Gasteiger partial charge in [-0.1, -0.05) is 30.3 Å². The van der Waals surface area contributed by atoms with Crippen LogP contribution in [0.15, 0.2) is 46.0 Å². The molecule has 0 N–H and O–H groups in total. The second-order valence-electron chi connectivity index (χ2n) is 5.64. The molecule has 0 bridgehead atoms. The fourth-order valence-corrected chi connectivity index (χ4v) is 2.71. The Balaban J connectivity index is 2.42. The maximum atomic E-state index is 12.9. The number of fused-ring (bicyclic) bond motifs is 1. The van der Waals surface area contributed by atoms with E-state index >= 15 is 0 Å². The summed E-state index contributed by atoms with van der Waals surface area (Å²) in [5.41, 5.74) is -0.223. The molecule has 0 fully saturated rings. The van der Waals surface area contributed by atoms with Gasteiger partial charge in [0.25, 0.3) is 16.9 Å². The third kappa shape index (κ3) is 2.69. The molecule has 0 unspecified atom stereocenters. The van der Waals surface area contributed by atoms with Crippen molar-refractivity contribution in [1.29, 1.82) is 0 Å². The molecular weight excluding hydrogens is 338 g/mol. The molecule has 26 heavy (non-hydrogen) atoms. The largest absolute Gasteiger partial charge is 0.286 e. The van der Waals surface area contributed by atoms with Crippen molar-refractivity contribution in [3.8, 4) is 11.3 Å². The van der Waals surface area contributed by atoms with E-state index in [1.54, 1.807) is 37.3 Å². The van der Waals surface area contributed by atoms with Crippen molar-refractivity contribution < 1.29 is 9.59 Å². The van der Waals surface area contributed by atoms with Crippen LogP contribution in [-0.2, 0) is 9.59 Å². The molecule has 0 spiro atoms. The second-order valence-corrected chi connectivity index (χ2v) is 5.64. The molecule has 1 aromatic carbocycles. The fourth-order valence-electron chi connectivity index (χ4n) is 2.71. The Morgan fingerprint density at radius 2 is 1.62 bits per heavy atom. The Bertz CT molecular complexity index is 1130. The Kier molecular flexibility index (Phi) is 4.21. The van der Waals surface area contributed by atoms with E-state index in [-0.39, 0.29) is 11.5 Å². The molecule has 3 aromatic rings. The van der Waals surface area contributed by atoms with Gasteiger partial charge in [-0.25, -0.2) is 4.40 Å². The average Bonchev–Trinajstić information content (AvgIpc) is 2.58. The predicted molar refractivity (Wildman–Crippen MR) is 93.3 cm³/mol. The molecule has 2 heterocycles. The summed E-state index contributed by atoms with van der Waals surface area (Å²) in [6.07, 6.45) is 0. The molecule has 0 aliphatic carbocycles. The van der Waals surface area contributed by atoms with Gasteiger partial charge in [0, 0.05) is 31.2 Å². The Hall–Kier alpha value is -3.62. The van der Waals surface area contributed by atoms with E-state index < -0.39 is 22.9 Å². The molecule has 9 nitrogen and oxygen atoms in total. The van der Waals surface area contributed by atoms with Gasteiger partial charge in [0.1, 0.15) is 0 Å². The summed E-state index contributed by atoms with van der Waals surface area (Å²) < 4.78 is 1.90. The molecule has 0 radical (unpaired) electrons. The maximum Gasteiger partial charge on any atom is 0.286 e. The number of carbonyl (C=O) groups is 2. The highest BCUT2D eigenvalue weighted by Gasteiger charge is 2.23. The van der Waals surface area contributed by atoms with Gasteiger partial charge < -0.3 is 0 Å². The first kappa shape index (κ1) is 17.2. The molecule has 0 aliphatic heterocycles. The SMILES string of the molecule is CC(=O)N(C(C)=O)n1c(=O)cc(C)n2c(=O)c(-c3ccccc3)nnc12. The fraction of sp³-hybridized carbons (Fsp3) is 0.176. The standard InChI is InChI=1S/C17H15N5O4/c1-10-9-14(25)22(21(11(2)23)12(3)24)17-19-18-15(16(26)20(10)17)13-7-5-4-6-8-13/h4-9H,1-3H3. The normalized spacial score (nSPS) is 10.7. The number of nitrogens with zero attached hydrogens (tertiary/aromatic N) is 5. The minimum atomic E-state index is -0.688. The van der Waals surface area contributed by atoms with Gasteiger partial charge in [0.05, 0.1) is 0 Å². The summed E-state index contributed by atoms with van der Waals surface area (Å²) in [5, 5.41) is 8.50. The van der Waals surface area contributed by atoms with Crippen molar-refractivity contribution >= 4 is 17.6 Å². The van der Waals surface area contributed by atoms with Gasteiger partial charge in [0.15, 0.2) is 5.69 Å². The zero-order valence-electron chi connectivity index (χ0n) is 14.3. The van der Waals surface area contributed by atoms with Crippen LogP contribution < -0.4 is 16.1 Å². The zero-order chi connectivity index (χ0) is 19.0. The van der Waals surface area contributed by atoms with Crippen LogP contribution >= 0.6 is 0 Å². The van der Waals surface area contributed by atoms with Gasteiger partial charge in [0.2, 0.25) is 11.8 Å². The molecule has 2 amide bonds. The molecule has 2 aromatic heterocycles. The smallest absolute Gasteiger partial charge is 0.273 e. The number of amides is 2. The Labute approximate surface area is 147 Å². The first-order chi connectivity index (χ1) is 12.3. The summed E-state index contributed by atoms with van der Waals surface area (Å²) in [5.74, 6) is -1.59. The lowest BCUT2D eigenvalue weighted by Gasteiger charge is -2.21. The minimum absolute atomic E-state index is 0.0913. The van der Waals surface area contributed by atoms with Gasteiger partial charge in [-0.05, 0) is 6.92 Å². The average molecular weight is 353 g/mol. The van der Waals surface area contributed by atoms with E-state index in [1.165, 1.54) is 0 Å².